The number of aliphatic hydroxyl groups excluding tert-OH is 3. The number of fused-ring (bicyclic) bond motifs is 2. The van der Waals surface area contributed by atoms with E-state index < -0.39 is 70.2 Å². The Bertz CT molecular complexity index is 764. The SMILES string of the molecule is C=C1C(=O)[C@]23[C@H](O)[C@H]1CC[C@H]2[C@@]12[C@H](OC)O[C@]3(O)[C@@H](O)[C@@H]1C(C)(C)CC[C@@H]2O. The summed E-state index contributed by atoms with van der Waals surface area (Å²) in [5.74, 6) is -4.34. The van der Waals surface area contributed by atoms with E-state index in [2.05, 4.69) is 6.58 Å². The molecule has 6 aliphatic rings. The predicted molar refractivity (Wildman–Crippen MR) is 96.6 cm³/mol. The van der Waals surface area contributed by atoms with Crippen molar-refractivity contribution in [3.05, 3.63) is 12.2 Å². The van der Waals surface area contributed by atoms with Gasteiger partial charge in [-0.15, -0.1) is 0 Å². The Morgan fingerprint density at radius 3 is 2.46 bits per heavy atom. The lowest BCUT2D eigenvalue weighted by atomic mass is 9.35. The number of hydrogen-bond acceptors (Lipinski definition) is 7. The van der Waals surface area contributed by atoms with Crippen LogP contribution in [-0.4, -0.2) is 63.7 Å². The summed E-state index contributed by atoms with van der Waals surface area (Å²) in [7, 11) is 1.45. The molecule has 4 bridgehead atoms. The van der Waals surface area contributed by atoms with Crippen molar-refractivity contribution in [2.75, 3.05) is 7.11 Å². The second-order valence-electron chi connectivity index (χ2n) is 10.3. The highest BCUT2D eigenvalue weighted by atomic mass is 16.8. The molecule has 156 valence electrons. The average molecular weight is 394 g/mol. The van der Waals surface area contributed by atoms with E-state index in [1.54, 1.807) is 0 Å². The number of carbonyl (C=O) groups excluding carboxylic acids is 1. The number of Topliss-reactive ketones (excluding diaryl/α,β-unsaturated/α-hetero) is 1. The fraction of sp³-hybridized carbons (Fsp3) is 0.857. The molecule has 4 aliphatic carbocycles. The van der Waals surface area contributed by atoms with Crippen molar-refractivity contribution in [1.29, 1.82) is 0 Å². The Balaban J connectivity index is 1.85. The van der Waals surface area contributed by atoms with E-state index in [9.17, 15) is 25.2 Å². The molecule has 28 heavy (non-hydrogen) atoms. The summed E-state index contributed by atoms with van der Waals surface area (Å²) < 4.78 is 11.6. The maximum atomic E-state index is 13.5. The van der Waals surface area contributed by atoms with Gasteiger partial charge in [0.1, 0.15) is 11.5 Å². The van der Waals surface area contributed by atoms with Crippen molar-refractivity contribution >= 4 is 5.78 Å². The van der Waals surface area contributed by atoms with E-state index >= 15 is 0 Å². The predicted octanol–water partition coefficient (Wildman–Crippen LogP) is 0.348. The molecule has 0 aromatic heterocycles. The molecule has 7 heteroatoms. The van der Waals surface area contributed by atoms with Gasteiger partial charge in [0, 0.05) is 18.9 Å². The standard InChI is InChI=1S/C21H30O7/c1-9-10-5-6-11-19-12(22)7-8-18(2,3)13(19)16(25)21(26,28-17(19)27-4)20(11,14(9)23)15(10)24/h10-13,15-17,22,24-26H,1,5-8H2,2-4H3/t10-,11-,12-,13+,15+,16-,17+,19-,20-,21+/m0/s1. The molecule has 4 saturated carbocycles. The van der Waals surface area contributed by atoms with Crippen molar-refractivity contribution in [3.63, 3.8) is 0 Å². The second-order valence-corrected chi connectivity index (χ2v) is 10.3. The van der Waals surface area contributed by atoms with Gasteiger partial charge in [0.15, 0.2) is 12.1 Å². The van der Waals surface area contributed by atoms with Crippen LogP contribution in [0.3, 0.4) is 0 Å². The number of carbonyl (C=O) groups is 1. The molecule has 0 radical (unpaired) electrons. The van der Waals surface area contributed by atoms with Gasteiger partial charge in [-0.05, 0) is 42.6 Å². The zero-order valence-electron chi connectivity index (χ0n) is 16.6. The first-order chi connectivity index (χ1) is 13.0. The molecule has 2 saturated heterocycles. The summed E-state index contributed by atoms with van der Waals surface area (Å²) in [5.41, 5.74) is -2.98. The summed E-state index contributed by atoms with van der Waals surface area (Å²) in [4.78, 5) is 13.5. The number of ether oxygens (including phenoxy) is 2. The first-order valence-electron chi connectivity index (χ1n) is 10.2. The topological polar surface area (TPSA) is 116 Å². The van der Waals surface area contributed by atoms with Gasteiger partial charge < -0.3 is 29.9 Å². The molecule has 4 N–H and O–H groups in total. The van der Waals surface area contributed by atoms with E-state index in [0.29, 0.717) is 25.7 Å². The van der Waals surface area contributed by atoms with Crippen LogP contribution in [0.4, 0.5) is 0 Å². The van der Waals surface area contributed by atoms with E-state index in [-0.39, 0.29) is 5.57 Å². The third-order valence-corrected chi connectivity index (χ3v) is 9.12. The van der Waals surface area contributed by atoms with Crippen LogP contribution >= 0.6 is 0 Å². The van der Waals surface area contributed by atoms with Gasteiger partial charge in [0.05, 0.1) is 17.6 Å². The Kier molecular flexibility index (Phi) is 3.59. The van der Waals surface area contributed by atoms with Crippen LogP contribution in [0.15, 0.2) is 12.2 Å². The van der Waals surface area contributed by atoms with Crippen molar-refractivity contribution in [2.24, 2.45) is 34.0 Å². The second kappa shape index (κ2) is 5.25. The zero-order chi connectivity index (χ0) is 20.4. The lowest BCUT2D eigenvalue weighted by molar-refractivity contribution is -0.509. The van der Waals surface area contributed by atoms with Gasteiger partial charge in [0.2, 0.25) is 5.79 Å². The Hall–Kier alpha value is -0.830. The van der Waals surface area contributed by atoms with Crippen molar-refractivity contribution in [3.8, 4) is 0 Å². The molecule has 2 heterocycles. The van der Waals surface area contributed by atoms with E-state index in [1.807, 2.05) is 13.8 Å². The van der Waals surface area contributed by atoms with Crippen molar-refractivity contribution < 1.29 is 34.7 Å². The molecule has 7 nitrogen and oxygen atoms in total. The number of methoxy groups -OCH3 is 1. The van der Waals surface area contributed by atoms with Crippen LogP contribution in [0.5, 0.6) is 0 Å². The zero-order valence-corrected chi connectivity index (χ0v) is 16.6. The van der Waals surface area contributed by atoms with Gasteiger partial charge in [0.25, 0.3) is 0 Å². The van der Waals surface area contributed by atoms with Crippen molar-refractivity contribution in [2.45, 2.75) is 69.9 Å². The van der Waals surface area contributed by atoms with Crippen molar-refractivity contribution in [1.82, 2.24) is 0 Å². The van der Waals surface area contributed by atoms with E-state index in [0.717, 1.165) is 0 Å². The quantitative estimate of drug-likeness (QED) is 0.474. The maximum absolute atomic E-state index is 13.5. The lowest BCUT2D eigenvalue weighted by Crippen LogP contribution is -2.87. The molecule has 0 amide bonds. The normalized spacial score (nSPS) is 59.2. The van der Waals surface area contributed by atoms with Crippen LogP contribution in [0.2, 0.25) is 0 Å². The first-order valence-corrected chi connectivity index (χ1v) is 10.2. The Morgan fingerprint density at radius 2 is 1.82 bits per heavy atom. The minimum absolute atomic E-state index is 0.276. The van der Waals surface area contributed by atoms with Gasteiger partial charge in [-0.2, -0.15) is 0 Å². The molecule has 0 aromatic rings. The highest BCUT2D eigenvalue weighted by Crippen LogP contribution is 2.77. The van der Waals surface area contributed by atoms with Crippen LogP contribution in [0.25, 0.3) is 0 Å². The number of rotatable bonds is 1. The average Bonchev–Trinajstić information content (AvgIpc) is 2.75. The molecule has 6 rings (SSSR count). The minimum Gasteiger partial charge on any atom is -0.392 e. The molecular weight excluding hydrogens is 364 g/mol. The lowest BCUT2D eigenvalue weighted by Gasteiger charge is -2.76. The van der Waals surface area contributed by atoms with Gasteiger partial charge in [-0.3, -0.25) is 4.79 Å². The fourth-order valence-corrected chi connectivity index (χ4v) is 8.19. The third kappa shape index (κ3) is 1.59. The van der Waals surface area contributed by atoms with Crippen LogP contribution in [0.1, 0.15) is 39.5 Å². The molecule has 10 atom stereocenters. The minimum atomic E-state index is -2.30. The van der Waals surface area contributed by atoms with Gasteiger partial charge in [-0.1, -0.05) is 20.4 Å². The largest absolute Gasteiger partial charge is 0.392 e. The van der Waals surface area contributed by atoms with E-state index in [1.165, 1.54) is 7.11 Å². The molecule has 2 spiro atoms. The Labute approximate surface area is 164 Å². The third-order valence-electron chi connectivity index (χ3n) is 9.12. The smallest absolute Gasteiger partial charge is 0.211 e. The van der Waals surface area contributed by atoms with Crippen LogP contribution < -0.4 is 0 Å². The highest BCUT2D eigenvalue weighted by Gasteiger charge is 2.89. The molecule has 0 unspecified atom stereocenters. The summed E-state index contributed by atoms with van der Waals surface area (Å²) in [6.07, 6.45) is -2.32. The fourth-order valence-electron chi connectivity index (χ4n) is 8.19. The van der Waals surface area contributed by atoms with Gasteiger partial charge >= 0.3 is 0 Å². The number of hydrogen-bond donors (Lipinski definition) is 4. The summed E-state index contributed by atoms with van der Waals surface area (Å²) >= 11 is 0. The Morgan fingerprint density at radius 1 is 1.14 bits per heavy atom. The molecule has 0 aromatic carbocycles. The summed E-state index contributed by atoms with van der Waals surface area (Å²) in [5, 5.41) is 45.9. The maximum Gasteiger partial charge on any atom is 0.211 e. The van der Waals surface area contributed by atoms with E-state index in [4.69, 9.17) is 9.47 Å². The monoisotopic (exact) mass is 394 g/mol. The summed E-state index contributed by atoms with van der Waals surface area (Å²) in [6, 6.07) is 0. The first kappa shape index (κ1) is 19.2. The highest BCUT2D eigenvalue weighted by molar-refractivity contribution is 6.05. The molecular formula is C21H30O7. The number of ketones is 1. The molecule has 2 aliphatic heterocycles. The molecule has 6 fully saturated rings. The van der Waals surface area contributed by atoms with Crippen LogP contribution in [0, 0.1) is 34.0 Å². The summed E-state index contributed by atoms with van der Waals surface area (Å²) in [6.45, 7) is 7.91. The van der Waals surface area contributed by atoms with Crippen LogP contribution in [-0.2, 0) is 14.3 Å². The van der Waals surface area contributed by atoms with Gasteiger partial charge in [-0.25, -0.2) is 0 Å². The number of aliphatic hydroxyl groups is 4.